The van der Waals surface area contributed by atoms with E-state index in [0.29, 0.717) is 0 Å². The summed E-state index contributed by atoms with van der Waals surface area (Å²) in [5.41, 5.74) is 2.78. The first-order valence-corrected chi connectivity index (χ1v) is 8.46. The van der Waals surface area contributed by atoms with Crippen molar-refractivity contribution < 1.29 is 0 Å². The second-order valence-corrected chi connectivity index (χ2v) is 7.37. The van der Waals surface area contributed by atoms with Crippen LogP contribution in [0.4, 0.5) is 0 Å². The molecule has 1 heterocycles. The van der Waals surface area contributed by atoms with Crippen molar-refractivity contribution in [2.24, 2.45) is 0 Å². The van der Waals surface area contributed by atoms with Gasteiger partial charge in [0, 0.05) is 32.3 Å². The van der Waals surface area contributed by atoms with Gasteiger partial charge in [0.15, 0.2) is 0 Å². The van der Waals surface area contributed by atoms with Gasteiger partial charge in [-0.25, -0.2) is 0 Å². The van der Waals surface area contributed by atoms with Gasteiger partial charge >= 0.3 is 0 Å². The van der Waals surface area contributed by atoms with E-state index in [9.17, 15) is 0 Å². The zero-order chi connectivity index (χ0) is 13.2. The highest BCUT2D eigenvalue weighted by atomic mass is 79.9. The van der Waals surface area contributed by atoms with Crippen LogP contribution in [0.2, 0.25) is 5.02 Å². The number of hydrogen-bond acceptors (Lipinski definition) is 2. The average molecular weight is 357 g/mol. The monoisotopic (exact) mass is 355 g/mol. The molecule has 0 spiro atoms. The van der Waals surface area contributed by atoms with Crippen molar-refractivity contribution in [2.75, 3.05) is 0 Å². The van der Waals surface area contributed by atoms with E-state index in [1.807, 2.05) is 29.5 Å². The Kier molecular flexibility index (Phi) is 4.27. The highest BCUT2D eigenvalue weighted by Gasteiger charge is 2.14. The molecule has 0 saturated carbocycles. The van der Waals surface area contributed by atoms with Gasteiger partial charge in [0.2, 0.25) is 0 Å². The molecule has 1 aliphatic carbocycles. The van der Waals surface area contributed by atoms with Gasteiger partial charge < -0.3 is 5.32 Å². The second kappa shape index (κ2) is 5.96. The van der Waals surface area contributed by atoms with Crippen LogP contribution in [0.3, 0.4) is 0 Å². The molecule has 1 aliphatic rings. The van der Waals surface area contributed by atoms with Gasteiger partial charge in [-0.3, -0.25) is 0 Å². The summed E-state index contributed by atoms with van der Waals surface area (Å²) in [6.45, 7) is 1.78. The SMILES string of the molecule is Clc1ccc(Br)c(CNCc2cc3c(s2)CCC3)c1. The quantitative estimate of drug-likeness (QED) is 0.818. The van der Waals surface area contributed by atoms with E-state index in [0.717, 1.165) is 22.6 Å². The number of nitrogens with one attached hydrogen (secondary N) is 1. The maximum absolute atomic E-state index is 6.02. The first-order valence-electron chi connectivity index (χ1n) is 6.47. The van der Waals surface area contributed by atoms with Gasteiger partial charge in [0.1, 0.15) is 0 Å². The third-order valence-electron chi connectivity index (χ3n) is 3.42. The van der Waals surface area contributed by atoms with Crippen molar-refractivity contribution in [3.63, 3.8) is 0 Å². The van der Waals surface area contributed by atoms with Crippen molar-refractivity contribution in [1.29, 1.82) is 0 Å². The van der Waals surface area contributed by atoms with E-state index in [1.54, 1.807) is 10.4 Å². The van der Waals surface area contributed by atoms with Crippen LogP contribution >= 0.6 is 38.9 Å². The number of aryl methyl sites for hydroxylation is 2. The highest BCUT2D eigenvalue weighted by Crippen LogP contribution is 2.30. The maximum Gasteiger partial charge on any atom is 0.0410 e. The molecule has 19 heavy (non-hydrogen) atoms. The lowest BCUT2D eigenvalue weighted by molar-refractivity contribution is 0.698. The normalized spacial score (nSPS) is 13.8. The van der Waals surface area contributed by atoms with Gasteiger partial charge in [-0.15, -0.1) is 11.3 Å². The van der Waals surface area contributed by atoms with Crippen LogP contribution in [0.1, 0.15) is 27.3 Å². The fourth-order valence-electron chi connectivity index (χ4n) is 2.48. The zero-order valence-electron chi connectivity index (χ0n) is 10.5. The molecule has 0 atom stereocenters. The summed E-state index contributed by atoms with van der Waals surface area (Å²) in [5, 5.41) is 4.28. The maximum atomic E-state index is 6.02. The fraction of sp³-hybridized carbons (Fsp3) is 0.333. The molecule has 0 fully saturated rings. The number of rotatable bonds is 4. The molecular formula is C15H15BrClNS. The average Bonchev–Trinajstić information content (AvgIpc) is 2.94. The van der Waals surface area contributed by atoms with Crippen LogP contribution in [-0.2, 0) is 25.9 Å². The van der Waals surface area contributed by atoms with Gasteiger partial charge in [0.25, 0.3) is 0 Å². The summed E-state index contributed by atoms with van der Waals surface area (Å²) in [6, 6.07) is 8.28. The van der Waals surface area contributed by atoms with Crippen LogP contribution in [0.25, 0.3) is 0 Å². The highest BCUT2D eigenvalue weighted by molar-refractivity contribution is 9.10. The Bertz CT molecular complexity index is 572. The Hall–Kier alpha value is -0.350. The molecule has 2 aromatic rings. The summed E-state index contributed by atoms with van der Waals surface area (Å²) >= 11 is 11.5. The molecular weight excluding hydrogens is 342 g/mol. The van der Waals surface area contributed by atoms with Gasteiger partial charge in [-0.1, -0.05) is 27.5 Å². The number of thiophene rings is 1. The third kappa shape index (κ3) is 3.22. The Labute approximate surface area is 131 Å². The first kappa shape index (κ1) is 13.6. The minimum Gasteiger partial charge on any atom is -0.308 e. The molecule has 1 aromatic carbocycles. The van der Waals surface area contributed by atoms with Crippen LogP contribution in [0.5, 0.6) is 0 Å². The lowest BCUT2D eigenvalue weighted by Crippen LogP contribution is -2.12. The molecule has 1 aromatic heterocycles. The summed E-state index contributed by atoms with van der Waals surface area (Å²) in [4.78, 5) is 3.04. The summed E-state index contributed by atoms with van der Waals surface area (Å²) < 4.78 is 1.11. The Morgan fingerprint density at radius 3 is 2.95 bits per heavy atom. The van der Waals surface area contributed by atoms with E-state index in [1.165, 1.54) is 29.7 Å². The van der Waals surface area contributed by atoms with Crippen molar-refractivity contribution in [1.82, 2.24) is 5.32 Å². The largest absolute Gasteiger partial charge is 0.308 e. The number of halogens is 2. The molecule has 3 rings (SSSR count). The van der Waals surface area contributed by atoms with Gasteiger partial charge in [0.05, 0.1) is 0 Å². The Balaban J connectivity index is 1.59. The molecule has 0 unspecified atom stereocenters. The van der Waals surface area contributed by atoms with E-state index >= 15 is 0 Å². The first-order chi connectivity index (χ1) is 9.22. The van der Waals surface area contributed by atoms with Gasteiger partial charge in [-0.05, 0) is 54.7 Å². The predicted molar refractivity (Wildman–Crippen MR) is 86.0 cm³/mol. The molecule has 0 saturated heterocycles. The van der Waals surface area contributed by atoms with Crippen LogP contribution in [0, 0.1) is 0 Å². The smallest absolute Gasteiger partial charge is 0.0410 e. The number of fused-ring (bicyclic) bond motifs is 1. The second-order valence-electron chi connectivity index (χ2n) is 4.85. The minimum absolute atomic E-state index is 0.787. The molecule has 0 radical (unpaired) electrons. The Morgan fingerprint density at radius 1 is 1.21 bits per heavy atom. The van der Waals surface area contributed by atoms with E-state index in [2.05, 4.69) is 27.3 Å². The number of hydrogen-bond donors (Lipinski definition) is 1. The lowest BCUT2D eigenvalue weighted by atomic mass is 10.2. The summed E-state index contributed by atoms with van der Waals surface area (Å²) in [5.74, 6) is 0. The van der Waals surface area contributed by atoms with E-state index in [4.69, 9.17) is 11.6 Å². The van der Waals surface area contributed by atoms with Crippen LogP contribution in [0.15, 0.2) is 28.7 Å². The summed E-state index contributed by atoms with van der Waals surface area (Å²) in [7, 11) is 0. The number of benzene rings is 1. The van der Waals surface area contributed by atoms with Crippen molar-refractivity contribution >= 4 is 38.9 Å². The molecule has 0 aliphatic heterocycles. The van der Waals surface area contributed by atoms with Crippen LogP contribution in [-0.4, -0.2) is 0 Å². The predicted octanol–water partition coefficient (Wildman–Crippen LogP) is 4.94. The molecule has 1 nitrogen and oxygen atoms in total. The molecule has 4 heteroatoms. The van der Waals surface area contributed by atoms with Crippen molar-refractivity contribution in [3.05, 3.63) is 54.6 Å². The standard InChI is InChI=1S/C15H15BrClNS/c16-14-5-4-12(17)6-11(14)8-18-9-13-7-10-2-1-3-15(10)19-13/h4-7,18H,1-3,8-9H2. The molecule has 0 bridgehead atoms. The fourth-order valence-corrected chi connectivity index (χ4v) is 4.29. The molecule has 100 valence electrons. The topological polar surface area (TPSA) is 12.0 Å². The molecule has 0 amide bonds. The zero-order valence-corrected chi connectivity index (χ0v) is 13.7. The summed E-state index contributed by atoms with van der Waals surface area (Å²) in [6.07, 6.45) is 3.88. The lowest BCUT2D eigenvalue weighted by Gasteiger charge is -2.06. The van der Waals surface area contributed by atoms with E-state index in [-0.39, 0.29) is 0 Å². The van der Waals surface area contributed by atoms with E-state index < -0.39 is 0 Å². The van der Waals surface area contributed by atoms with Crippen LogP contribution < -0.4 is 5.32 Å². The van der Waals surface area contributed by atoms with Crippen molar-refractivity contribution in [3.8, 4) is 0 Å². The minimum atomic E-state index is 0.787. The van der Waals surface area contributed by atoms with Crippen molar-refractivity contribution in [2.45, 2.75) is 32.4 Å². The Morgan fingerprint density at radius 2 is 2.11 bits per heavy atom. The third-order valence-corrected chi connectivity index (χ3v) is 5.67. The van der Waals surface area contributed by atoms with Gasteiger partial charge in [-0.2, -0.15) is 0 Å². The molecule has 1 N–H and O–H groups in total.